The van der Waals surface area contributed by atoms with Gasteiger partial charge in [0.25, 0.3) is 5.91 Å². The van der Waals surface area contributed by atoms with Crippen LogP contribution in [0, 0.1) is 17.1 Å². The van der Waals surface area contributed by atoms with E-state index in [0.29, 0.717) is 31.0 Å². The van der Waals surface area contributed by atoms with Crippen LogP contribution < -0.4 is 4.74 Å². The van der Waals surface area contributed by atoms with Gasteiger partial charge in [0.2, 0.25) is 5.88 Å². The smallest absolute Gasteiger partial charge is 0.255 e. The third-order valence-corrected chi connectivity index (χ3v) is 4.06. The molecule has 122 valence electrons. The fraction of sp³-hybridized carbons (Fsp3) is 0.235. The Morgan fingerprint density at radius 1 is 1.42 bits per heavy atom. The summed E-state index contributed by atoms with van der Waals surface area (Å²) in [6, 6.07) is 8.88. The van der Waals surface area contributed by atoms with Gasteiger partial charge in [0.15, 0.2) is 0 Å². The first-order valence-corrected chi connectivity index (χ1v) is 7.72. The van der Waals surface area contributed by atoms with Gasteiger partial charge in [-0.3, -0.25) is 4.79 Å². The molecular weight excluding hydrogens is 333 g/mol. The lowest BCUT2D eigenvalue weighted by atomic mass is 10.2. The van der Waals surface area contributed by atoms with Gasteiger partial charge in [0.05, 0.1) is 28.8 Å². The van der Waals surface area contributed by atoms with Gasteiger partial charge in [-0.2, -0.15) is 5.26 Å². The summed E-state index contributed by atoms with van der Waals surface area (Å²) < 4.78 is 18.8. The zero-order chi connectivity index (χ0) is 17.1. The summed E-state index contributed by atoms with van der Waals surface area (Å²) in [5, 5.41) is 8.97. The molecule has 5 nitrogen and oxygen atoms in total. The lowest BCUT2D eigenvalue weighted by Crippen LogP contribution is -2.31. The van der Waals surface area contributed by atoms with E-state index in [1.807, 2.05) is 6.07 Å². The van der Waals surface area contributed by atoms with Crippen LogP contribution in [0.15, 0.2) is 36.5 Å². The number of amides is 1. The number of carbonyl (C=O) groups is 1. The Morgan fingerprint density at radius 2 is 2.25 bits per heavy atom. The van der Waals surface area contributed by atoms with E-state index >= 15 is 0 Å². The highest BCUT2D eigenvalue weighted by Crippen LogP contribution is 2.23. The lowest BCUT2D eigenvalue weighted by molar-refractivity contribution is 0.0771. The van der Waals surface area contributed by atoms with Gasteiger partial charge in [-0.1, -0.05) is 11.6 Å². The number of rotatable bonds is 3. The van der Waals surface area contributed by atoms with Gasteiger partial charge < -0.3 is 9.64 Å². The van der Waals surface area contributed by atoms with Crippen molar-refractivity contribution in [3.63, 3.8) is 0 Å². The summed E-state index contributed by atoms with van der Waals surface area (Å²) in [5.41, 5.74) is 0.729. The molecule has 1 aliphatic rings. The number of aromatic nitrogens is 1. The predicted molar refractivity (Wildman–Crippen MR) is 85.3 cm³/mol. The highest BCUT2D eigenvalue weighted by molar-refractivity contribution is 6.33. The SMILES string of the molecule is N#Cc1ccnc(OC2CCN(C(=O)c3ccc(F)cc3Cl)C2)c1. The molecule has 1 aliphatic heterocycles. The largest absolute Gasteiger partial charge is 0.472 e. The average Bonchev–Trinajstić information content (AvgIpc) is 3.03. The topological polar surface area (TPSA) is 66.2 Å². The highest BCUT2D eigenvalue weighted by Gasteiger charge is 2.29. The summed E-state index contributed by atoms with van der Waals surface area (Å²) in [6.45, 7) is 0.889. The van der Waals surface area contributed by atoms with E-state index in [-0.39, 0.29) is 22.6 Å². The maximum Gasteiger partial charge on any atom is 0.255 e. The highest BCUT2D eigenvalue weighted by atomic mass is 35.5. The normalized spacial score (nSPS) is 16.7. The molecule has 1 saturated heterocycles. The number of likely N-dealkylation sites (tertiary alicyclic amines) is 1. The second kappa shape index (κ2) is 6.85. The summed E-state index contributed by atoms with van der Waals surface area (Å²) in [7, 11) is 0. The van der Waals surface area contributed by atoms with Crippen LogP contribution >= 0.6 is 11.6 Å². The van der Waals surface area contributed by atoms with Crippen molar-refractivity contribution in [2.45, 2.75) is 12.5 Å². The van der Waals surface area contributed by atoms with Crippen LogP contribution in [0.4, 0.5) is 4.39 Å². The Bertz CT molecular complexity index is 822. The number of nitrogens with zero attached hydrogens (tertiary/aromatic N) is 3. The van der Waals surface area contributed by atoms with Crippen LogP contribution in [0.25, 0.3) is 0 Å². The first kappa shape index (κ1) is 16.2. The number of benzene rings is 1. The first-order chi connectivity index (χ1) is 11.6. The van der Waals surface area contributed by atoms with Gasteiger partial charge in [-0.15, -0.1) is 0 Å². The molecule has 0 radical (unpaired) electrons. The maximum absolute atomic E-state index is 13.1. The molecule has 24 heavy (non-hydrogen) atoms. The number of hydrogen-bond donors (Lipinski definition) is 0. The van der Waals surface area contributed by atoms with E-state index in [1.54, 1.807) is 17.0 Å². The summed E-state index contributed by atoms with van der Waals surface area (Å²) in [6.07, 6.45) is 1.93. The van der Waals surface area contributed by atoms with Gasteiger partial charge in [0.1, 0.15) is 11.9 Å². The second-order valence-electron chi connectivity index (χ2n) is 5.40. The lowest BCUT2D eigenvalue weighted by Gasteiger charge is -2.17. The van der Waals surface area contributed by atoms with E-state index in [2.05, 4.69) is 4.98 Å². The number of carbonyl (C=O) groups excluding carboxylic acids is 1. The van der Waals surface area contributed by atoms with Crippen LogP contribution in [-0.2, 0) is 0 Å². The summed E-state index contributed by atoms with van der Waals surface area (Å²) in [5.74, 6) is -0.388. The minimum absolute atomic E-state index is 0.0905. The molecule has 0 saturated carbocycles. The third kappa shape index (κ3) is 3.47. The fourth-order valence-corrected chi connectivity index (χ4v) is 2.80. The first-order valence-electron chi connectivity index (χ1n) is 7.34. The van der Waals surface area contributed by atoms with Crippen LogP contribution in [-0.4, -0.2) is 35.0 Å². The standard InChI is InChI=1S/C17H13ClFN3O2/c18-15-8-12(19)1-2-14(15)17(23)22-6-4-13(10-22)24-16-7-11(9-20)3-5-21-16/h1-3,5,7-8,13H,4,6,10H2. The molecule has 1 atom stereocenters. The Morgan fingerprint density at radius 3 is 3.00 bits per heavy atom. The molecule has 1 aromatic heterocycles. The number of hydrogen-bond acceptors (Lipinski definition) is 4. The van der Waals surface area contributed by atoms with Gasteiger partial charge in [-0.25, -0.2) is 9.37 Å². The van der Waals surface area contributed by atoms with E-state index < -0.39 is 5.82 Å². The zero-order valence-electron chi connectivity index (χ0n) is 12.6. The molecule has 1 amide bonds. The molecule has 1 aromatic carbocycles. The molecule has 0 aliphatic carbocycles. The Kier molecular flexibility index (Phi) is 4.63. The van der Waals surface area contributed by atoms with Crippen molar-refractivity contribution in [3.05, 3.63) is 58.5 Å². The van der Waals surface area contributed by atoms with Crippen molar-refractivity contribution >= 4 is 17.5 Å². The van der Waals surface area contributed by atoms with E-state index in [4.69, 9.17) is 21.6 Å². The molecule has 0 spiro atoms. The molecule has 1 fully saturated rings. The van der Waals surface area contributed by atoms with Gasteiger partial charge in [0, 0.05) is 25.2 Å². The van der Waals surface area contributed by atoms with Gasteiger partial charge >= 0.3 is 0 Å². The quantitative estimate of drug-likeness (QED) is 0.857. The van der Waals surface area contributed by atoms with Crippen LogP contribution in [0.1, 0.15) is 22.3 Å². The van der Waals surface area contributed by atoms with Crippen molar-refractivity contribution in [1.82, 2.24) is 9.88 Å². The number of nitriles is 1. The Hall–Kier alpha value is -2.65. The molecule has 1 unspecified atom stereocenters. The second-order valence-corrected chi connectivity index (χ2v) is 5.81. The third-order valence-electron chi connectivity index (χ3n) is 3.75. The van der Waals surface area contributed by atoms with Crippen molar-refractivity contribution in [2.24, 2.45) is 0 Å². The summed E-state index contributed by atoms with van der Waals surface area (Å²) in [4.78, 5) is 18.2. The van der Waals surface area contributed by atoms with Crippen LogP contribution in [0.2, 0.25) is 5.02 Å². The monoisotopic (exact) mass is 345 g/mol. The van der Waals surface area contributed by atoms with E-state index in [1.165, 1.54) is 18.3 Å². The molecule has 0 N–H and O–H groups in total. The minimum Gasteiger partial charge on any atom is -0.472 e. The summed E-state index contributed by atoms with van der Waals surface area (Å²) >= 11 is 5.94. The molecule has 3 rings (SSSR count). The Labute approximate surface area is 143 Å². The predicted octanol–water partition coefficient (Wildman–Crippen LogP) is 3.04. The number of ether oxygens (including phenoxy) is 1. The van der Waals surface area contributed by atoms with Gasteiger partial charge in [-0.05, 0) is 24.3 Å². The van der Waals surface area contributed by atoms with E-state index in [0.717, 1.165) is 6.07 Å². The molecule has 0 bridgehead atoms. The fourth-order valence-electron chi connectivity index (χ4n) is 2.56. The van der Waals surface area contributed by atoms with Crippen LogP contribution in [0.5, 0.6) is 5.88 Å². The van der Waals surface area contributed by atoms with E-state index in [9.17, 15) is 9.18 Å². The van der Waals surface area contributed by atoms with Crippen LogP contribution in [0.3, 0.4) is 0 Å². The van der Waals surface area contributed by atoms with Crippen molar-refractivity contribution in [3.8, 4) is 11.9 Å². The van der Waals surface area contributed by atoms with Crippen molar-refractivity contribution in [1.29, 1.82) is 5.26 Å². The molecule has 7 heteroatoms. The number of pyridine rings is 1. The van der Waals surface area contributed by atoms with Crippen molar-refractivity contribution in [2.75, 3.05) is 13.1 Å². The Balaban J connectivity index is 1.66. The maximum atomic E-state index is 13.1. The molecular formula is C17H13ClFN3O2. The van der Waals surface area contributed by atoms with Crippen molar-refractivity contribution < 1.29 is 13.9 Å². The average molecular weight is 346 g/mol. The zero-order valence-corrected chi connectivity index (χ0v) is 13.3. The number of halogens is 2. The minimum atomic E-state index is -0.484. The molecule has 2 heterocycles. The molecule has 2 aromatic rings.